The van der Waals surface area contributed by atoms with E-state index in [1.165, 1.54) is 0 Å². The van der Waals surface area contributed by atoms with Gasteiger partial charge in [-0.1, -0.05) is 5.16 Å². The predicted octanol–water partition coefficient (Wildman–Crippen LogP) is 5.82. The highest BCUT2D eigenvalue weighted by Crippen LogP contribution is 2.40. The number of halogens is 7. The van der Waals surface area contributed by atoms with Gasteiger partial charge in [-0.25, -0.2) is 4.98 Å². The molecular weight excluding hydrogens is 466 g/mol. The Hall–Kier alpha value is -3.28. The van der Waals surface area contributed by atoms with E-state index in [0.29, 0.717) is 24.2 Å². The van der Waals surface area contributed by atoms with Crippen molar-refractivity contribution in [3.8, 4) is 28.6 Å². The Bertz CT molecular complexity index is 1230. The third-order valence-corrected chi connectivity index (χ3v) is 4.37. The number of ether oxygens (including phenoxy) is 1. The molecule has 0 amide bonds. The lowest BCUT2D eigenvalue weighted by Crippen LogP contribution is -2.31. The Morgan fingerprint density at radius 2 is 1.75 bits per heavy atom. The number of alkyl halides is 6. The standard InChI is InChI=1S/C19H12F6N4O2.ClH/c1-10(18(20,21)22)30-14-4-2-11(8-13(14)19(23,24)25)17-27-16(28-31-17)12-3-5-15-26-6-7-29(15)9-12;/h2-10H,1H3;1H. The normalized spacial score (nSPS) is 13.1. The molecule has 0 saturated heterocycles. The molecule has 0 fully saturated rings. The van der Waals surface area contributed by atoms with Gasteiger partial charge in [0.15, 0.2) is 6.10 Å². The van der Waals surface area contributed by atoms with Crippen LogP contribution in [0.25, 0.3) is 28.5 Å². The van der Waals surface area contributed by atoms with Gasteiger partial charge in [-0.3, -0.25) is 0 Å². The first kappa shape index (κ1) is 23.4. The zero-order valence-corrected chi connectivity index (χ0v) is 16.8. The monoisotopic (exact) mass is 478 g/mol. The molecule has 0 radical (unpaired) electrons. The van der Waals surface area contributed by atoms with Crippen molar-refractivity contribution in [3.05, 3.63) is 54.5 Å². The number of rotatable bonds is 4. The molecule has 0 spiro atoms. The van der Waals surface area contributed by atoms with Crippen molar-refractivity contribution in [2.45, 2.75) is 25.4 Å². The van der Waals surface area contributed by atoms with Gasteiger partial charge in [0, 0.05) is 29.7 Å². The number of fused-ring (bicyclic) bond motifs is 1. The maximum absolute atomic E-state index is 13.4. The van der Waals surface area contributed by atoms with E-state index in [-0.39, 0.29) is 29.7 Å². The topological polar surface area (TPSA) is 65.5 Å². The SMILES string of the molecule is CC(Oc1ccc(-c2nc(-c3ccc4nccn4c3)no2)cc1C(F)(F)F)C(F)(F)F.Cl. The van der Waals surface area contributed by atoms with Gasteiger partial charge in [0.05, 0.1) is 5.56 Å². The first-order valence-electron chi connectivity index (χ1n) is 8.74. The van der Waals surface area contributed by atoms with E-state index in [0.717, 1.165) is 12.1 Å². The van der Waals surface area contributed by atoms with Gasteiger partial charge in [0.1, 0.15) is 11.4 Å². The van der Waals surface area contributed by atoms with Crippen LogP contribution in [0.4, 0.5) is 26.3 Å². The highest BCUT2D eigenvalue weighted by molar-refractivity contribution is 5.85. The molecule has 3 aromatic heterocycles. The fourth-order valence-electron chi connectivity index (χ4n) is 2.75. The lowest BCUT2D eigenvalue weighted by Gasteiger charge is -2.20. The maximum Gasteiger partial charge on any atom is 0.425 e. The zero-order chi connectivity index (χ0) is 22.4. The van der Waals surface area contributed by atoms with Crippen molar-refractivity contribution in [3.63, 3.8) is 0 Å². The fraction of sp³-hybridized carbons (Fsp3) is 0.211. The number of imidazole rings is 1. The minimum Gasteiger partial charge on any atom is -0.481 e. The average molecular weight is 479 g/mol. The van der Waals surface area contributed by atoms with Crippen LogP contribution in [-0.2, 0) is 6.18 Å². The summed E-state index contributed by atoms with van der Waals surface area (Å²) in [5.41, 5.74) is -0.316. The molecule has 0 bridgehead atoms. The van der Waals surface area contributed by atoms with E-state index in [2.05, 4.69) is 19.9 Å². The van der Waals surface area contributed by atoms with Crippen molar-refractivity contribution in [2.75, 3.05) is 0 Å². The molecule has 1 atom stereocenters. The quantitative estimate of drug-likeness (QED) is 0.346. The lowest BCUT2D eigenvalue weighted by atomic mass is 10.1. The lowest BCUT2D eigenvalue weighted by molar-refractivity contribution is -0.191. The third-order valence-electron chi connectivity index (χ3n) is 4.37. The molecule has 4 aromatic rings. The summed E-state index contributed by atoms with van der Waals surface area (Å²) in [4.78, 5) is 8.19. The van der Waals surface area contributed by atoms with Crippen LogP contribution in [-0.4, -0.2) is 31.8 Å². The van der Waals surface area contributed by atoms with Crippen molar-refractivity contribution < 1.29 is 35.6 Å². The number of aromatic nitrogens is 4. The summed E-state index contributed by atoms with van der Waals surface area (Å²) in [6, 6.07) is 5.87. The molecule has 3 heterocycles. The first-order chi connectivity index (χ1) is 14.5. The molecule has 13 heteroatoms. The van der Waals surface area contributed by atoms with Crippen LogP contribution in [0.2, 0.25) is 0 Å². The summed E-state index contributed by atoms with van der Waals surface area (Å²) < 4.78 is 89.7. The molecule has 170 valence electrons. The highest BCUT2D eigenvalue weighted by atomic mass is 35.5. The summed E-state index contributed by atoms with van der Waals surface area (Å²) in [7, 11) is 0. The largest absolute Gasteiger partial charge is 0.481 e. The molecule has 4 rings (SSSR count). The van der Waals surface area contributed by atoms with Crippen LogP contribution < -0.4 is 4.74 Å². The number of hydrogen-bond acceptors (Lipinski definition) is 5. The van der Waals surface area contributed by atoms with E-state index in [1.54, 1.807) is 35.1 Å². The second kappa shape index (κ2) is 8.34. The van der Waals surface area contributed by atoms with Crippen LogP contribution in [0.1, 0.15) is 12.5 Å². The first-order valence-corrected chi connectivity index (χ1v) is 8.74. The van der Waals surface area contributed by atoms with Gasteiger partial charge >= 0.3 is 12.4 Å². The fourth-order valence-corrected chi connectivity index (χ4v) is 2.75. The van der Waals surface area contributed by atoms with Gasteiger partial charge in [-0.05, 0) is 37.3 Å². The van der Waals surface area contributed by atoms with Crippen molar-refractivity contribution in [1.82, 2.24) is 19.5 Å². The Labute approximate surface area is 182 Å². The van der Waals surface area contributed by atoms with Gasteiger partial charge in [-0.2, -0.15) is 31.3 Å². The molecule has 1 aromatic carbocycles. The van der Waals surface area contributed by atoms with Gasteiger partial charge in [-0.15, -0.1) is 12.4 Å². The maximum atomic E-state index is 13.4. The van der Waals surface area contributed by atoms with Gasteiger partial charge in [0.25, 0.3) is 5.89 Å². The smallest absolute Gasteiger partial charge is 0.425 e. The van der Waals surface area contributed by atoms with E-state index in [9.17, 15) is 26.3 Å². The number of nitrogens with zero attached hydrogens (tertiary/aromatic N) is 4. The molecule has 0 aliphatic rings. The van der Waals surface area contributed by atoms with E-state index in [1.807, 2.05) is 0 Å². The number of hydrogen-bond donors (Lipinski definition) is 0. The summed E-state index contributed by atoms with van der Waals surface area (Å²) in [5.74, 6) is -1.07. The van der Waals surface area contributed by atoms with Crippen LogP contribution in [0.3, 0.4) is 0 Å². The average Bonchev–Trinajstić information content (AvgIpc) is 3.35. The minimum atomic E-state index is -4.97. The molecule has 0 saturated carbocycles. The van der Waals surface area contributed by atoms with E-state index in [4.69, 9.17) is 4.52 Å². The summed E-state index contributed by atoms with van der Waals surface area (Å²) in [6.07, 6.45) is -7.27. The molecule has 6 nitrogen and oxygen atoms in total. The van der Waals surface area contributed by atoms with Crippen molar-refractivity contribution in [2.24, 2.45) is 0 Å². The molecule has 1 unspecified atom stereocenters. The number of benzene rings is 1. The molecule has 0 aliphatic carbocycles. The van der Waals surface area contributed by atoms with Crippen LogP contribution in [0.15, 0.2) is 53.4 Å². The molecule has 0 aliphatic heterocycles. The Balaban J connectivity index is 0.00000289. The predicted molar refractivity (Wildman–Crippen MR) is 102 cm³/mol. The summed E-state index contributed by atoms with van der Waals surface area (Å²) in [5, 5.41) is 3.77. The summed E-state index contributed by atoms with van der Waals surface area (Å²) in [6.45, 7) is 0.620. The van der Waals surface area contributed by atoms with Gasteiger partial charge in [0.2, 0.25) is 5.82 Å². The van der Waals surface area contributed by atoms with Crippen molar-refractivity contribution in [1.29, 1.82) is 0 Å². The van der Waals surface area contributed by atoms with E-state index >= 15 is 0 Å². The van der Waals surface area contributed by atoms with Crippen LogP contribution in [0.5, 0.6) is 5.75 Å². The van der Waals surface area contributed by atoms with Crippen LogP contribution in [0, 0.1) is 0 Å². The molecule has 0 N–H and O–H groups in total. The second-order valence-electron chi connectivity index (χ2n) is 6.54. The number of pyridine rings is 1. The second-order valence-corrected chi connectivity index (χ2v) is 6.54. The van der Waals surface area contributed by atoms with E-state index < -0.39 is 29.8 Å². The third kappa shape index (κ3) is 4.64. The van der Waals surface area contributed by atoms with Crippen LogP contribution >= 0.6 is 12.4 Å². The Morgan fingerprint density at radius 3 is 2.44 bits per heavy atom. The molecule has 32 heavy (non-hydrogen) atoms. The zero-order valence-electron chi connectivity index (χ0n) is 16.0. The highest BCUT2D eigenvalue weighted by Gasteiger charge is 2.41. The Kier molecular flexibility index (Phi) is 6.09. The van der Waals surface area contributed by atoms with Gasteiger partial charge < -0.3 is 13.7 Å². The van der Waals surface area contributed by atoms with Crippen molar-refractivity contribution >= 4 is 18.1 Å². The summed E-state index contributed by atoms with van der Waals surface area (Å²) >= 11 is 0. The molecular formula is C19H13ClF6N4O2. The minimum absolute atomic E-state index is 0. The Morgan fingerprint density at radius 1 is 1.03 bits per heavy atom.